The average Bonchev–Trinajstić information content (AvgIpc) is 2.50. The van der Waals surface area contributed by atoms with Gasteiger partial charge in [0.05, 0.1) is 6.61 Å². The van der Waals surface area contributed by atoms with E-state index in [1.54, 1.807) is 7.11 Å². The molecule has 0 radical (unpaired) electrons. The van der Waals surface area contributed by atoms with Crippen molar-refractivity contribution in [3.8, 4) is 0 Å². The van der Waals surface area contributed by atoms with E-state index < -0.39 is 0 Å². The highest BCUT2D eigenvalue weighted by molar-refractivity contribution is 9.10. The summed E-state index contributed by atoms with van der Waals surface area (Å²) in [5.41, 5.74) is 2.49. The van der Waals surface area contributed by atoms with E-state index in [1.807, 2.05) is 36.4 Å². The van der Waals surface area contributed by atoms with Gasteiger partial charge in [-0.05, 0) is 48.2 Å². The normalized spacial score (nSPS) is 9.90. The lowest BCUT2D eigenvalue weighted by Crippen LogP contribution is -1.93. The molecule has 0 saturated heterocycles. The summed E-state index contributed by atoms with van der Waals surface area (Å²) in [7, 11) is 1.72. The molecule has 0 amide bonds. The van der Waals surface area contributed by atoms with Gasteiger partial charge in [-0.2, -0.15) is 0 Å². The van der Waals surface area contributed by atoms with Crippen LogP contribution in [0.1, 0.15) is 11.1 Å². The molecule has 21 heavy (non-hydrogen) atoms. The van der Waals surface area contributed by atoms with Crippen molar-refractivity contribution in [2.24, 2.45) is 0 Å². The van der Waals surface area contributed by atoms with Crippen LogP contribution in [0, 0.1) is 0 Å². The summed E-state index contributed by atoms with van der Waals surface area (Å²) in [6.07, 6.45) is 1.73. The van der Waals surface area contributed by atoms with Gasteiger partial charge in [-0.25, -0.2) is 0 Å². The Labute approximate surface area is 143 Å². The van der Waals surface area contributed by atoms with Crippen molar-refractivity contribution in [3.05, 3.63) is 68.6 Å². The van der Waals surface area contributed by atoms with E-state index in [0.29, 0.717) is 0 Å². The van der Waals surface area contributed by atoms with Crippen molar-refractivity contribution in [1.82, 2.24) is 0 Å². The largest absolute Gasteiger partial charge is 0.396 e. The third kappa shape index (κ3) is 8.37. The Morgan fingerprint density at radius 2 is 1.24 bits per heavy atom. The van der Waals surface area contributed by atoms with Crippen LogP contribution in [0.3, 0.4) is 0 Å². The number of ether oxygens (including phenoxy) is 1. The van der Waals surface area contributed by atoms with E-state index in [9.17, 15) is 0 Å². The van der Waals surface area contributed by atoms with Crippen LogP contribution in [0.15, 0.2) is 57.5 Å². The van der Waals surface area contributed by atoms with Gasteiger partial charge < -0.3 is 9.84 Å². The molecule has 0 spiro atoms. The van der Waals surface area contributed by atoms with Crippen LogP contribution in [-0.4, -0.2) is 25.4 Å². The summed E-state index contributed by atoms with van der Waals surface area (Å²) in [5, 5.41) is 8.58. The van der Waals surface area contributed by atoms with Gasteiger partial charge in [0.1, 0.15) is 0 Å². The molecule has 0 saturated carbocycles. The van der Waals surface area contributed by atoms with Crippen LogP contribution in [0.25, 0.3) is 0 Å². The summed E-state index contributed by atoms with van der Waals surface area (Å²) in [5.74, 6) is 0. The summed E-state index contributed by atoms with van der Waals surface area (Å²) >= 11 is 6.72. The maximum absolute atomic E-state index is 8.58. The van der Waals surface area contributed by atoms with Crippen LogP contribution in [0.4, 0.5) is 0 Å². The van der Waals surface area contributed by atoms with Crippen LogP contribution >= 0.6 is 31.9 Å². The lowest BCUT2D eigenvalue weighted by atomic mass is 10.2. The highest BCUT2D eigenvalue weighted by Gasteiger charge is 1.91. The number of hydrogen-bond acceptors (Lipinski definition) is 2. The smallest absolute Gasteiger partial charge is 0.0502 e. The molecule has 0 fully saturated rings. The highest BCUT2D eigenvalue weighted by atomic mass is 79.9. The Balaban J connectivity index is 0.000000211. The number of aliphatic hydroxyl groups is 1. The Kier molecular flexibility index (Phi) is 9.59. The Bertz CT molecular complexity index is 495. The highest BCUT2D eigenvalue weighted by Crippen LogP contribution is 2.11. The van der Waals surface area contributed by atoms with Crippen molar-refractivity contribution in [2.75, 3.05) is 20.3 Å². The van der Waals surface area contributed by atoms with Gasteiger partial charge in [-0.1, -0.05) is 56.1 Å². The topological polar surface area (TPSA) is 29.5 Å². The van der Waals surface area contributed by atoms with Crippen molar-refractivity contribution in [1.29, 1.82) is 0 Å². The maximum Gasteiger partial charge on any atom is 0.0502 e. The van der Waals surface area contributed by atoms with Crippen molar-refractivity contribution in [2.45, 2.75) is 12.8 Å². The third-order valence-corrected chi connectivity index (χ3v) is 3.88. The Morgan fingerprint density at radius 1 is 0.810 bits per heavy atom. The SMILES string of the molecule is COCCc1ccc(Br)cc1.OCCc1ccc(Br)cc1. The molecule has 1 N–H and O–H groups in total. The molecular formula is C17H20Br2O2. The number of rotatable bonds is 5. The molecule has 0 bridgehead atoms. The molecule has 0 heterocycles. The molecule has 2 aromatic rings. The van der Waals surface area contributed by atoms with Gasteiger partial charge in [-0.15, -0.1) is 0 Å². The molecule has 0 aliphatic heterocycles. The van der Waals surface area contributed by atoms with E-state index in [-0.39, 0.29) is 6.61 Å². The molecule has 0 atom stereocenters. The molecule has 2 rings (SSSR count). The predicted octanol–water partition coefficient (Wildman–Crippen LogP) is 4.62. The van der Waals surface area contributed by atoms with Gasteiger partial charge in [0.15, 0.2) is 0 Å². The quantitative estimate of drug-likeness (QED) is 0.771. The summed E-state index contributed by atoms with van der Waals surface area (Å²) in [6, 6.07) is 16.2. The van der Waals surface area contributed by atoms with Crippen LogP contribution < -0.4 is 0 Å². The minimum absolute atomic E-state index is 0.224. The molecule has 2 nitrogen and oxygen atoms in total. The number of benzene rings is 2. The van der Waals surface area contributed by atoms with Crippen LogP contribution in [-0.2, 0) is 17.6 Å². The first-order valence-electron chi connectivity index (χ1n) is 6.74. The molecule has 0 unspecified atom stereocenters. The fourth-order valence-electron chi connectivity index (χ4n) is 1.65. The lowest BCUT2D eigenvalue weighted by molar-refractivity contribution is 0.202. The van der Waals surface area contributed by atoms with E-state index in [0.717, 1.165) is 28.4 Å². The van der Waals surface area contributed by atoms with Gasteiger partial charge in [0.25, 0.3) is 0 Å². The zero-order valence-electron chi connectivity index (χ0n) is 12.1. The number of methoxy groups -OCH3 is 1. The van der Waals surface area contributed by atoms with E-state index >= 15 is 0 Å². The minimum atomic E-state index is 0.224. The minimum Gasteiger partial charge on any atom is -0.396 e. The third-order valence-electron chi connectivity index (χ3n) is 2.82. The summed E-state index contributed by atoms with van der Waals surface area (Å²) in [4.78, 5) is 0. The number of hydrogen-bond donors (Lipinski definition) is 1. The van der Waals surface area contributed by atoms with Crippen molar-refractivity contribution in [3.63, 3.8) is 0 Å². The van der Waals surface area contributed by atoms with E-state index in [1.165, 1.54) is 11.1 Å². The number of aliphatic hydroxyl groups excluding tert-OH is 1. The Morgan fingerprint density at radius 3 is 1.62 bits per heavy atom. The molecular weight excluding hydrogens is 396 g/mol. The monoisotopic (exact) mass is 414 g/mol. The molecule has 114 valence electrons. The number of halogens is 2. The lowest BCUT2D eigenvalue weighted by Gasteiger charge is -1.99. The van der Waals surface area contributed by atoms with E-state index in [4.69, 9.17) is 9.84 Å². The first-order chi connectivity index (χ1) is 10.2. The first-order valence-corrected chi connectivity index (χ1v) is 8.33. The zero-order valence-corrected chi connectivity index (χ0v) is 15.2. The van der Waals surface area contributed by atoms with Gasteiger partial charge in [0.2, 0.25) is 0 Å². The second kappa shape index (κ2) is 11.0. The first kappa shape index (κ1) is 18.4. The molecule has 0 aromatic heterocycles. The standard InChI is InChI=1S/C9H11BrO.C8H9BrO/c1-11-7-6-8-2-4-9(10)5-3-8;9-8-3-1-7(2-4-8)5-6-10/h2-5H,6-7H2,1H3;1-4,10H,5-6H2. The van der Waals surface area contributed by atoms with Gasteiger partial charge >= 0.3 is 0 Å². The Hall–Kier alpha value is -0.680. The summed E-state index contributed by atoms with van der Waals surface area (Å²) in [6.45, 7) is 1.02. The molecule has 4 heteroatoms. The predicted molar refractivity (Wildman–Crippen MR) is 94.7 cm³/mol. The van der Waals surface area contributed by atoms with E-state index in [2.05, 4.69) is 44.0 Å². The van der Waals surface area contributed by atoms with Crippen molar-refractivity contribution < 1.29 is 9.84 Å². The van der Waals surface area contributed by atoms with Gasteiger partial charge in [-0.3, -0.25) is 0 Å². The van der Waals surface area contributed by atoms with Crippen molar-refractivity contribution >= 4 is 31.9 Å². The fraction of sp³-hybridized carbons (Fsp3) is 0.294. The average molecular weight is 416 g/mol. The van der Waals surface area contributed by atoms with Crippen LogP contribution in [0.5, 0.6) is 0 Å². The second-order valence-electron chi connectivity index (χ2n) is 4.47. The second-order valence-corrected chi connectivity index (χ2v) is 6.30. The summed E-state index contributed by atoms with van der Waals surface area (Å²) < 4.78 is 7.17. The fourth-order valence-corrected chi connectivity index (χ4v) is 2.18. The van der Waals surface area contributed by atoms with Gasteiger partial charge in [0, 0.05) is 22.7 Å². The van der Waals surface area contributed by atoms with Crippen LogP contribution in [0.2, 0.25) is 0 Å². The molecule has 0 aliphatic rings. The molecule has 2 aromatic carbocycles. The maximum atomic E-state index is 8.58. The zero-order chi connectivity index (χ0) is 15.5. The molecule has 0 aliphatic carbocycles.